The maximum atomic E-state index is 10.9. The summed E-state index contributed by atoms with van der Waals surface area (Å²) < 4.78 is 33.8. The van der Waals surface area contributed by atoms with Gasteiger partial charge in [0.25, 0.3) is 5.69 Å². The molecule has 2 heterocycles. The molecule has 1 aliphatic heterocycles. The smallest absolute Gasteiger partial charge is 0.430 e. The van der Waals surface area contributed by atoms with Crippen LogP contribution < -0.4 is 9.67 Å². The Bertz CT molecular complexity index is 1450. The monoisotopic (exact) mass is 464 g/mol. The van der Waals surface area contributed by atoms with Crippen LogP contribution in [0.15, 0.2) is 85.1 Å². The van der Waals surface area contributed by atoms with Gasteiger partial charge in [0, 0.05) is 24.3 Å². The Morgan fingerprint density at radius 3 is 2.18 bits per heavy atom. The summed E-state index contributed by atoms with van der Waals surface area (Å²) in [6, 6.07) is 25.5. The average Bonchev–Trinajstić information content (AvgIpc) is 3.13. The summed E-state index contributed by atoms with van der Waals surface area (Å²) in [6.45, 7) is 0. The van der Waals surface area contributed by atoms with Crippen molar-refractivity contribution in [2.45, 2.75) is 6.18 Å². The number of alkyl halides is 3. The van der Waals surface area contributed by atoms with Crippen LogP contribution in [0, 0.1) is 10.1 Å². The van der Waals surface area contributed by atoms with Gasteiger partial charge in [-0.2, -0.15) is 17.7 Å². The van der Waals surface area contributed by atoms with Crippen LogP contribution in [0.25, 0.3) is 28.1 Å². The summed E-state index contributed by atoms with van der Waals surface area (Å²) in [7, 11) is 0. The lowest BCUT2D eigenvalue weighted by molar-refractivity contribution is -0.592. The van der Waals surface area contributed by atoms with Crippen LogP contribution in [0.3, 0.4) is 0 Å². The summed E-state index contributed by atoms with van der Waals surface area (Å²) in [5, 5.41) is 22.1. The van der Waals surface area contributed by atoms with Crippen molar-refractivity contribution < 1.29 is 32.6 Å². The van der Waals surface area contributed by atoms with Gasteiger partial charge >= 0.3 is 6.18 Å². The number of nitrogens with zero attached hydrogens (tertiary/aromatic N) is 2. The minimum atomic E-state index is -5.19. The molecule has 0 aliphatic carbocycles. The van der Waals surface area contributed by atoms with E-state index in [0.717, 1.165) is 28.1 Å². The van der Waals surface area contributed by atoms with Crippen LogP contribution in [0.5, 0.6) is 0 Å². The molecule has 5 rings (SSSR count). The molecule has 6 nitrogen and oxygen atoms in total. The highest BCUT2D eigenvalue weighted by Crippen LogP contribution is 2.36. The molecule has 0 saturated heterocycles. The Labute approximate surface area is 191 Å². The molecule has 0 radical (unpaired) electrons. The third-order valence-corrected chi connectivity index (χ3v) is 5.22. The molecule has 4 aromatic rings. The number of nitro groups is 1. The molecular formula is C25H15F3N2O4. The Morgan fingerprint density at radius 2 is 1.53 bits per heavy atom. The molecule has 1 aromatic heterocycles. The highest BCUT2D eigenvalue weighted by Gasteiger charge is 2.33. The van der Waals surface area contributed by atoms with Crippen molar-refractivity contribution in [1.82, 2.24) is 0 Å². The number of non-ortho nitro benzene ring substituents is 1. The highest BCUT2D eigenvalue weighted by molar-refractivity contribution is 6.02. The summed E-state index contributed by atoms with van der Waals surface area (Å²) in [5.74, 6) is -3.01. The fourth-order valence-electron chi connectivity index (χ4n) is 3.74. The van der Waals surface area contributed by atoms with Gasteiger partial charge in [0.2, 0.25) is 11.4 Å². The molecule has 1 aliphatic rings. The van der Waals surface area contributed by atoms with E-state index in [1.54, 1.807) is 24.3 Å². The first kappa shape index (κ1) is 22.7. The summed E-state index contributed by atoms with van der Waals surface area (Å²) in [6.07, 6.45) is -0.985. The van der Waals surface area contributed by atoms with Crippen molar-refractivity contribution >= 4 is 34.1 Å². The number of benzene rings is 3. The zero-order valence-electron chi connectivity index (χ0n) is 17.3. The number of para-hydroxylation sites is 1. The number of carboxylic acids is 1. The predicted octanol–water partition coefficient (Wildman–Crippen LogP) is 4.23. The van der Waals surface area contributed by atoms with E-state index >= 15 is 0 Å². The molecule has 170 valence electrons. The molecule has 34 heavy (non-hydrogen) atoms. The van der Waals surface area contributed by atoms with Crippen LogP contribution in [0.1, 0.15) is 16.8 Å². The van der Waals surface area contributed by atoms with Crippen LogP contribution in [-0.4, -0.2) is 17.1 Å². The van der Waals surface area contributed by atoms with E-state index in [1.165, 1.54) is 10.8 Å². The van der Waals surface area contributed by atoms with Gasteiger partial charge in [-0.25, -0.2) is 0 Å². The number of fused-ring (bicyclic) bond motifs is 5. The molecule has 0 atom stereocenters. The Balaban J connectivity index is 0.000000344. The van der Waals surface area contributed by atoms with Gasteiger partial charge in [-0.05, 0) is 41.3 Å². The lowest BCUT2D eigenvalue weighted by Gasteiger charge is -2.03. The summed E-state index contributed by atoms with van der Waals surface area (Å²) in [4.78, 5) is 19.3. The molecular weight excluding hydrogens is 449 g/mol. The number of nitro benzene ring substituents is 1. The first-order valence-electron chi connectivity index (χ1n) is 9.94. The molecule has 9 heteroatoms. The standard InChI is InChI=1S/C23H15N2O2.C2HF3O2/c26-25(27)18-11-9-16(10-12-18)15-21-20-7-3-4-8-22(20)24-14-13-17-5-1-2-6-19(17)23(21)24;3-2(4,5)1(6)7/h1-15H;(H,6,7)/q+1;/p-1/b21-15-;. The Hall–Kier alpha value is -4.53. The fourth-order valence-corrected chi connectivity index (χ4v) is 3.74. The van der Waals surface area contributed by atoms with Gasteiger partial charge in [0.1, 0.15) is 5.97 Å². The molecule has 0 saturated carbocycles. The average molecular weight is 464 g/mol. The van der Waals surface area contributed by atoms with Crippen molar-refractivity contribution in [1.29, 1.82) is 0 Å². The second-order valence-corrected chi connectivity index (χ2v) is 7.33. The van der Waals surface area contributed by atoms with Gasteiger partial charge in [0.05, 0.1) is 21.4 Å². The number of halogens is 3. The van der Waals surface area contributed by atoms with E-state index in [9.17, 15) is 23.3 Å². The zero-order chi connectivity index (χ0) is 24.5. The van der Waals surface area contributed by atoms with E-state index in [1.807, 2.05) is 18.2 Å². The molecule has 0 bridgehead atoms. The number of carbonyl (C=O) groups excluding carboxylic acids is 1. The second-order valence-electron chi connectivity index (χ2n) is 7.33. The number of carboxylic acid groups (broad SMARTS) is 1. The number of carbonyl (C=O) groups is 1. The van der Waals surface area contributed by atoms with Gasteiger partial charge in [-0.15, -0.1) is 0 Å². The van der Waals surface area contributed by atoms with Gasteiger partial charge in [0.15, 0.2) is 6.20 Å². The Morgan fingerprint density at radius 1 is 0.912 bits per heavy atom. The number of pyridine rings is 1. The van der Waals surface area contributed by atoms with E-state index in [4.69, 9.17) is 9.90 Å². The molecule has 0 spiro atoms. The van der Waals surface area contributed by atoms with Gasteiger partial charge in [-0.1, -0.05) is 30.3 Å². The molecule has 0 N–H and O–H groups in total. The van der Waals surface area contributed by atoms with Gasteiger partial charge < -0.3 is 9.90 Å². The predicted molar refractivity (Wildman–Crippen MR) is 117 cm³/mol. The number of hydrogen-bond donors (Lipinski definition) is 0. The van der Waals surface area contributed by atoms with Gasteiger partial charge in [-0.3, -0.25) is 10.1 Å². The molecule has 0 amide bonds. The van der Waals surface area contributed by atoms with E-state index < -0.39 is 12.1 Å². The van der Waals surface area contributed by atoms with Crippen LogP contribution >= 0.6 is 0 Å². The van der Waals surface area contributed by atoms with Crippen LogP contribution in [0.4, 0.5) is 18.9 Å². The fraction of sp³-hybridized carbons (Fsp3) is 0.0400. The largest absolute Gasteiger partial charge is 0.542 e. The van der Waals surface area contributed by atoms with Crippen LogP contribution in [0.2, 0.25) is 0 Å². The summed E-state index contributed by atoms with van der Waals surface area (Å²) >= 11 is 0. The number of aromatic nitrogens is 1. The van der Waals surface area contributed by atoms with Crippen LogP contribution in [-0.2, 0) is 4.79 Å². The molecule has 0 unspecified atom stereocenters. The number of hydrogen-bond acceptors (Lipinski definition) is 4. The highest BCUT2D eigenvalue weighted by atomic mass is 19.4. The quantitative estimate of drug-likeness (QED) is 0.222. The maximum absolute atomic E-state index is 10.9. The lowest BCUT2D eigenvalue weighted by atomic mass is 9.98. The minimum absolute atomic E-state index is 0.101. The minimum Gasteiger partial charge on any atom is -0.542 e. The van der Waals surface area contributed by atoms with E-state index in [-0.39, 0.29) is 10.6 Å². The van der Waals surface area contributed by atoms with Crippen molar-refractivity contribution in [3.8, 4) is 5.69 Å². The SMILES string of the molecule is O=C([O-])C(F)(F)F.O=[N+]([O-])c1ccc(/C=C2/c3ccccc3-[n+]3ccc4ccccc4c32)cc1. The third-order valence-electron chi connectivity index (χ3n) is 5.22. The second kappa shape index (κ2) is 8.78. The summed E-state index contributed by atoms with van der Waals surface area (Å²) in [5.41, 5.74) is 5.61. The van der Waals surface area contributed by atoms with Crippen molar-refractivity contribution in [2.24, 2.45) is 0 Å². The number of aliphatic carboxylic acids is 1. The molecule has 3 aromatic carbocycles. The lowest BCUT2D eigenvalue weighted by Crippen LogP contribution is -2.37. The Kier molecular flexibility index (Phi) is 5.85. The van der Waals surface area contributed by atoms with Crippen molar-refractivity contribution in [3.05, 3.63) is 112 Å². The van der Waals surface area contributed by atoms with Crippen molar-refractivity contribution in [3.63, 3.8) is 0 Å². The zero-order valence-corrected chi connectivity index (χ0v) is 17.3. The topological polar surface area (TPSA) is 87.1 Å². The first-order chi connectivity index (χ1) is 16.2. The third kappa shape index (κ3) is 4.36. The van der Waals surface area contributed by atoms with E-state index in [0.29, 0.717) is 0 Å². The molecule has 0 fully saturated rings. The number of rotatable bonds is 2. The van der Waals surface area contributed by atoms with Crippen molar-refractivity contribution in [2.75, 3.05) is 0 Å². The first-order valence-corrected chi connectivity index (χ1v) is 9.94. The maximum Gasteiger partial charge on any atom is 0.430 e. The normalized spacial score (nSPS) is 13.1. The van der Waals surface area contributed by atoms with E-state index in [2.05, 4.69) is 53.2 Å².